The third kappa shape index (κ3) is 38.3. The molecule has 2 unspecified atom stereocenters. The molecule has 0 bridgehead atoms. The van der Waals surface area contributed by atoms with E-state index in [1.54, 1.807) is 21.1 Å². The predicted molar refractivity (Wildman–Crippen MR) is 236 cm³/mol. The normalized spacial score (nSPS) is 13.5. The fraction of sp³-hybridized carbons (Fsp3) is 0.735. The van der Waals surface area contributed by atoms with Crippen LogP contribution in [0.5, 0.6) is 0 Å². The first-order valence-corrected chi connectivity index (χ1v) is 22.8. The molecule has 2 atom stereocenters. The van der Waals surface area contributed by atoms with Crippen molar-refractivity contribution in [3.8, 4) is 0 Å². The van der Waals surface area contributed by atoms with Crippen molar-refractivity contribution in [1.82, 2.24) is 0 Å². The minimum atomic E-state index is -1.13. The number of allylic oxidation sites excluding steroid dienone is 10. The zero-order valence-corrected chi connectivity index (χ0v) is 37.2. The fourth-order valence-corrected chi connectivity index (χ4v) is 6.35. The van der Waals surface area contributed by atoms with E-state index in [1.807, 2.05) is 0 Å². The van der Waals surface area contributed by atoms with Gasteiger partial charge in [0, 0.05) is 19.3 Å². The average molecular weight is 800 g/mol. The van der Waals surface area contributed by atoms with E-state index in [-0.39, 0.29) is 42.7 Å². The summed E-state index contributed by atoms with van der Waals surface area (Å²) in [5.41, 5.74) is 0. The van der Waals surface area contributed by atoms with Crippen LogP contribution in [0.15, 0.2) is 60.8 Å². The Morgan fingerprint density at radius 3 is 1.46 bits per heavy atom. The van der Waals surface area contributed by atoms with Gasteiger partial charge >= 0.3 is 11.9 Å². The van der Waals surface area contributed by atoms with Crippen molar-refractivity contribution in [3.05, 3.63) is 60.8 Å². The lowest BCUT2D eigenvalue weighted by molar-refractivity contribution is -0.889. The van der Waals surface area contributed by atoms with Gasteiger partial charge in [0.15, 0.2) is 6.10 Å². The molecule has 0 amide bonds. The van der Waals surface area contributed by atoms with E-state index < -0.39 is 18.1 Å². The average Bonchev–Trinajstić information content (AvgIpc) is 3.17. The third-order valence-electron chi connectivity index (χ3n) is 9.89. The Morgan fingerprint density at radius 2 is 0.982 bits per heavy atom. The Bertz CT molecular complexity index is 1120. The predicted octanol–water partition coefficient (Wildman–Crippen LogP) is 11.2. The van der Waals surface area contributed by atoms with Crippen LogP contribution in [0.1, 0.15) is 181 Å². The van der Waals surface area contributed by atoms with Gasteiger partial charge in [-0.1, -0.05) is 145 Å². The molecule has 0 aliphatic rings. The topological polar surface area (TPSA) is 102 Å². The highest BCUT2D eigenvalue weighted by atomic mass is 16.6. The smallest absolute Gasteiger partial charge is 0.306 e. The lowest BCUT2D eigenvalue weighted by Gasteiger charge is -2.34. The molecule has 328 valence electrons. The number of nitrogens with zero attached hydrogens (tertiary/aromatic N) is 1. The Morgan fingerprint density at radius 1 is 0.544 bits per heavy atom. The van der Waals surface area contributed by atoms with E-state index in [9.17, 15) is 19.5 Å². The number of carboxylic acids is 1. The van der Waals surface area contributed by atoms with Gasteiger partial charge in [-0.15, -0.1) is 0 Å². The molecule has 0 aromatic carbocycles. The quantitative estimate of drug-likeness (QED) is 0.0263. The second-order valence-corrected chi connectivity index (χ2v) is 16.3. The number of likely N-dealkylation sites (N-methyl/N-ethyl adjacent to an activating group) is 1. The monoisotopic (exact) mass is 800 g/mol. The van der Waals surface area contributed by atoms with E-state index in [0.29, 0.717) is 12.8 Å². The summed E-state index contributed by atoms with van der Waals surface area (Å²) in [6, 6.07) is -0.732. The summed E-state index contributed by atoms with van der Waals surface area (Å²) in [4.78, 5) is 36.9. The van der Waals surface area contributed by atoms with Gasteiger partial charge in [-0.25, -0.2) is 0 Å². The van der Waals surface area contributed by atoms with Gasteiger partial charge in [0.05, 0.1) is 40.3 Å². The van der Waals surface area contributed by atoms with Crippen molar-refractivity contribution in [2.75, 3.05) is 41.0 Å². The molecule has 0 fully saturated rings. The summed E-state index contributed by atoms with van der Waals surface area (Å²) in [6.45, 7) is 4.50. The molecule has 0 saturated carbocycles. The summed E-state index contributed by atoms with van der Waals surface area (Å²) in [5, 5.41) is 11.6. The number of hydrogen-bond donors (Lipinski definition) is 0. The minimum Gasteiger partial charge on any atom is -0.544 e. The fourth-order valence-electron chi connectivity index (χ4n) is 6.35. The number of rotatable bonds is 40. The van der Waals surface area contributed by atoms with Gasteiger partial charge in [-0.05, 0) is 77.0 Å². The van der Waals surface area contributed by atoms with Crippen LogP contribution in [0.4, 0.5) is 0 Å². The molecule has 57 heavy (non-hydrogen) atoms. The van der Waals surface area contributed by atoms with Crippen molar-refractivity contribution in [2.24, 2.45) is 0 Å². The van der Waals surface area contributed by atoms with Crippen molar-refractivity contribution >= 4 is 17.9 Å². The first-order chi connectivity index (χ1) is 27.6. The molecule has 0 rings (SSSR count). The Labute approximate surface area is 349 Å². The van der Waals surface area contributed by atoms with E-state index >= 15 is 0 Å². The summed E-state index contributed by atoms with van der Waals surface area (Å²) in [7, 11) is 5.40. The zero-order chi connectivity index (χ0) is 42.1. The van der Waals surface area contributed by atoms with Crippen LogP contribution in [0.25, 0.3) is 0 Å². The number of carbonyl (C=O) groups is 3. The van der Waals surface area contributed by atoms with Gasteiger partial charge < -0.3 is 28.6 Å². The van der Waals surface area contributed by atoms with E-state index in [1.165, 1.54) is 51.4 Å². The van der Waals surface area contributed by atoms with Crippen molar-refractivity contribution in [3.63, 3.8) is 0 Å². The number of carboxylic acid groups (broad SMARTS) is 1. The molecular formula is C49H85NO7. The lowest BCUT2D eigenvalue weighted by atomic mass is 10.1. The third-order valence-corrected chi connectivity index (χ3v) is 9.89. The molecule has 0 aromatic heterocycles. The molecule has 0 saturated heterocycles. The highest BCUT2D eigenvalue weighted by Crippen LogP contribution is 2.13. The molecular weight excluding hydrogens is 715 g/mol. The molecule has 0 aromatic rings. The summed E-state index contributed by atoms with van der Waals surface area (Å²) in [6.07, 6.45) is 48.1. The molecule has 0 aliphatic carbocycles. The number of hydrogen-bond acceptors (Lipinski definition) is 7. The van der Waals surface area contributed by atoms with Gasteiger partial charge in [-0.2, -0.15) is 0 Å². The number of ether oxygens (including phenoxy) is 3. The van der Waals surface area contributed by atoms with Gasteiger partial charge in [0.25, 0.3) is 0 Å². The van der Waals surface area contributed by atoms with Crippen molar-refractivity contribution < 1.29 is 38.2 Å². The summed E-state index contributed by atoms with van der Waals surface area (Å²) in [5.74, 6) is -1.77. The van der Waals surface area contributed by atoms with E-state index in [4.69, 9.17) is 14.2 Å². The van der Waals surface area contributed by atoms with Crippen molar-refractivity contribution in [2.45, 2.75) is 193 Å². The largest absolute Gasteiger partial charge is 0.544 e. The summed E-state index contributed by atoms with van der Waals surface area (Å²) < 4.78 is 17.2. The summed E-state index contributed by atoms with van der Waals surface area (Å²) >= 11 is 0. The van der Waals surface area contributed by atoms with Gasteiger partial charge in [0.2, 0.25) is 0 Å². The van der Waals surface area contributed by atoms with Crippen LogP contribution in [0.2, 0.25) is 0 Å². The molecule has 0 spiro atoms. The maximum absolute atomic E-state index is 12.7. The Kier molecular flexibility index (Phi) is 37.8. The van der Waals surface area contributed by atoms with E-state index in [2.05, 4.69) is 74.6 Å². The Balaban J connectivity index is 4.37. The van der Waals surface area contributed by atoms with Gasteiger partial charge in [-0.3, -0.25) is 9.59 Å². The van der Waals surface area contributed by atoms with Crippen LogP contribution in [-0.4, -0.2) is 75.5 Å². The maximum Gasteiger partial charge on any atom is 0.306 e. The minimum absolute atomic E-state index is 0.0300. The Hall–Kier alpha value is -2.97. The number of aliphatic carboxylic acids is 1. The number of esters is 2. The number of quaternary nitrogens is 1. The maximum atomic E-state index is 12.7. The molecule has 0 radical (unpaired) electrons. The van der Waals surface area contributed by atoms with Crippen LogP contribution < -0.4 is 5.11 Å². The molecule has 8 nitrogen and oxygen atoms in total. The number of unbranched alkanes of at least 4 members (excludes halogenated alkanes) is 16. The SMILES string of the molecule is CC/C=C\C/C=C\C/C=C\CCCCCCCCCC(=O)OC(COCCC(C(=O)[O-])[N+](C)(C)C)COC(=O)CCCCCCC/C=C\C/C=C\CCCCCC. The zero-order valence-electron chi connectivity index (χ0n) is 37.2. The van der Waals surface area contributed by atoms with Crippen LogP contribution >= 0.6 is 0 Å². The van der Waals surface area contributed by atoms with Crippen molar-refractivity contribution in [1.29, 1.82) is 0 Å². The molecule has 0 N–H and O–H groups in total. The second-order valence-electron chi connectivity index (χ2n) is 16.3. The highest BCUT2D eigenvalue weighted by Gasteiger charge is 2.25. The number of carbonyl (C=O) groups excluding carboxylic acids is 3. The molecule has 0 aliphatic heterocycles. The highest BCUT2D eigenvalue weighted by molar-refractivity contribution is 5.70. The van der Waals surface area contributed by atoms with Crippen LogP contribution in [-0.2, 0) is 28.6 Å². The van der Waals surface area contributed by atoms with Gasteiger partial charge in [0.1, 0.15) is 12.6 Å². The lowest BCUT2D eigenvalue weighted by Crippen LogP contribution is -2.55. The molecule has 0 heterocycles. The standard InChI is InChI=1S/C49H85NO7/c1-6-8-10-12-14-16-18-20-22-24-26-28-30-32-34-36-38-40-48(52)57-45(43-55-42-41-46(49(53)54)50(3,4)5)44-56-47(51)39-37-35-33-31-29-27-25-23-21-19-17-15-13-11-9-7-2/h8,10,14,16-17,19-20,22-23,25,45-46H,6-7,9,11-13,15,18,21,24,26-44H2,1-5H3/b10-8-,16-14-,19-17-,22-20-,25-23-. The first kappa shape index (κ1) is 54.0. The van der Waals surface area contributed by atoms with E-state index in [0.717, 1.165) is 96.3 Å². The van der Waals surface area contributed by atoms with Crippen LogP contribution in [0.3, 0.4) is 0 Å². The van der Waals surface area contributed by atoms with Crippen LogP contribution in [0, 0.1) is 0 Å². The molecule has 8 heteroatoms. The second kappa shape index (κ2) is 39.8. The first-order valence-electron chi connectivity index (χ1n) is 22.8.